The van der Waals surface area contributed by atoms with Crippen LogP contribution in [0.5, 0.6) is 0 Å². The van der Waals surface area contributed by atoms with Crippen LogP contribution in [0.15, 0.2) is 36.7 Å². The van der Waals surface area contributed by atoms with Gasteiger partial charge in [-0.15, -0.1) is 0 Å². The summed E-state index contributed by atoms with van der Waals surface area (Å²) >= 11 is 0. The molecule has 1 aromatic carbocycles. The number of hydrogen-bond acceptors (Lipinski definition) is 3. The lowest BCUT2D eigenvalue weighted by molar-refractivity contribution is 0.148. The molecule has 0 bridgehead atoms. The molecular formula is C17H24FN3O. The van der Waals surface area contributed by atoms with Crippen LogP contribution >= 0.6 is 0 Å². The molecule has 0 aliphatic rings. The number of nitrogens with one attached hydrogen (secondary N) is 1. The maximum atomic E-state index is 12.9. The number of aromatic nitrogens is 2. The van der Waals surface area contributed by atoms with Crippen molar-refractivity contribution in [1.82, 2.24) is 15.1 Å². The van der Waals surface area contributed by atoms with Crippen LogP contribution in [0.4, 0.5) is 4.39 Å². The first kappa shape index (κ1) is 16.6. The molecule has 5 heteroatoms. The van der Waals surface area contributed by atoms with Crippen molar-refractivity contribution in [2.45, 2.75) is 33.2 Å². The average molecular weight is 305 g/mol. The van der Waals surface area contributed by atoms with Gasteiger partial charge in [0.25, 0.3) is 0 Å². The Balaban J connectivity index is 1.77. The number of halogens is 1. The highest BCUT2D eigenvalue weighted by Gasteiger charge is 2.15. The van der Waals surface area contributed by atoms with Crippen LogP contribution in [0.2, 0.25) is 0 Å². The molecule has 1 heterocycles. The molecule has 1 aromatic heterocycles. The maximum absolute atomic E-state index is 12.9. The molecule has 2 aromatic rings. The van der Waals surface area contributed by atoms with E-state index in [-0.39, 0.29) is 17.8 Å². The van der Waals surface area contributed by atoms with E-state index >= 15 is 0 Å². The lowest BCUT2D eigenvalue weighted by Gasteiger charge is -2.21. The van der Waals surface area contributed by atoms with Crippen LogP contribution in [0.3, 0.4) is 0 Å². The van der Waals surface area contributed by atoms with Crippen LogP contribution in [0.25, 0.3) is 5.69 Å². The molecule has 0 aliphatic carbocycles. The van der Waals surface area contributed by atoms with Crippen molar-refractivity contribution >= 4 is 0 Å². The van der Waals surface area contributed by atoms with E-state index in [4.69, 9.17) is 0 Å². The minimum Gasteiger partial charge on any atom is -0.396 e. The summed E-state index contributed by atoms with van der Waals surface area (Å²) in [7, 11) is 0. The van der Waals surface area contributed by atoms with Gasteiger partial charge in [0.1, 0.15) is 5.82 Å². The predicted octanol–water partition coefficient (Wildman–Crippen LogP) is 2.90. The minimum absolute atomic E-state index is 0.00481. The van der Waals surface area contributed by atoms with Crippen molar-refractivity contribution in [2.75, 3.05) is 13.2 Å². The van der Waals surface area contributed by atoms with Crippen molar-refractivity contribution in [3.8, 4) is 5.69 Å². The molecule has 0 unspecified atom stereocenters. The van der Waals surface area contributed by atoms with Crippen molar-refractivity contribution in [3.63, 3.8) is 0 Å². The van der Waals surface area contributed by atoms with Gasteiger partial charge in [0.15, 0.2) is 0 Å². The topological polar surface area (TPSA) is 50.1 Å². The number of hydrogen-bond donors (Lipinski definition) is 2. The van der Waals surface area contributed by atoms with E-state index in [0.29, 0.717) is 0 Å². The lowest BCUT2D eigenvalue weighted by Crippen LogP contribution is -2.20. The number of rotatable bonds is 8. The van der Waals surface area contributed by atoms with Crippen molar-refractivity contribution in [3.05, 3.63) is 48.0 Å². The standard InChI is InChI=1S/C17H24FN3O/c1-17(2,13-22)8-3-9-19-10-14-11-20-21(12-14)16-6-4-15(18)5-7-16/h4-7,11-12,19,22H,3,8-10,13H2,1-2H3. The van der Waals surface area contributed by atoms with Crippen molar-refractivity contribution in [1.29, 1.82) is 0 Å². The minimum atomic E-state index is -0.247. The summed E-state index contributed by atoms with van der Waals surface area (Å²) in [6, 6.07) is 6.27. The van der Waals surface area contributed by atoms with E-state index in [1.165, 1.54) is 12.1 Å². The third-order valence-corrected chi connectivity index (χ3v) is 3.69. The molecule has 0 fully saturated rings. The summed E-state index contributed by atoms with van der Waals surface area (Å²) < 4.78 is 14.6. The summed E-state index contributed by atoms with van der Waals surface area (Å²) in [6.45, 7) is 6.02. The third-order valence-electron chi connectivity index (χ3n) is 3.69. The van der Waals surface area contributed by atoms with Crippen LogP contribution in [0.1, 0.15) is 32.3 Å². The zero-order valence-electron chi connectivity index (χ0n) is 13.2. The van der Waals surface area contributed by atoms with Gasteiger partial charge in [0, 0.05) is 24.9 Å². The van der Waals surface area contributed by atoms with Gasteiger partial charge in [-0.25, -0.2) is 9.07 Å². The molecule has 120 valence electrons. The summed E-state index contributed by atoms with van der Waals surface area (Å²) in [5.74, 6) is -0.247. The highest BCUT2D eigenvalue weighted by atomic mass is 19.1. The molecule has 0 radical (unpaired) electrons. The first-order valence-corrected chi connectivity index (χ1v) is 7.61. The molecular weight excluding hydrogens is 281 g/mol. The molecule has 0 spiro atoms. The zero-order valence-corrected chi connectivity index (χ0v) is 13.2. The lowest BCUT2D eigenvalue weighted by atomic mass is 9.89. The first-order chi connectivity index (χ1) is 10.5. The number of aliphatic hydroxyl groups is 1. The highest BCUT2D eigenvalue weighted by molar-refractivity contribution is 5.31. The van der Waals surface area contributed by atoms with E-state index < -0.39 is 0 Å². The van der Waals surface area contributed by atoms with Gasteiger partial charge in [0.05, 0.1) is 11.9 Å². The Kier molecular flexibility index (Phi) is 5.69. The van der Waals surface area contributed by atoms with Crippen LogP contribution in [0, 0.1) is 11.2 Å². The van der Waals surface area contributed by atoms with Gasteiger partial charge in [-0.3, -0.25) is 0 Å². The van der Waals surface area contributed by atoms with Gasteiger partial charge in [-0.05, 0) is 49.1 Å². The largest absolute Gasteiger partial charge is 0.396 e. The maximum Gasteiger partial charge on any atom is 0.123 e. The Morgan fingerprint density at radius 3 is 2.68 bits per heavy atom. The Bertz CT molecular complexity index is 578. The Labute approximate surface area is 131 Å². The second-order valence-electron chi connectivity index (χ2n) is 6.37. The van der Waals surface area contributed by atoms with E-state index in [0.717, 1.165) is 37.2 Å². The predicted molar refractivity (Wildman–Crippen MR) is 85.3 cm³/mol. The Morgan fingerprint density at radius 1 is 1.27 bits per heavy atom. The SMILES string of the molecule is CC(C)(CO)CCCNCc1cnn(-c2ccc(F)cc2)c1. The Morgan fingerprint density at radius 2 is 2.00 bits per heavy atom. The summed E-state index contributed by atoms with van der Waals surface area (Å²) in [6.07, 6.45) is 5.77. The highest BCUT2D eigenvalue weighted by Crippen LogP contribution is 2.20. The number of nitrogens with zero attached hydrogens (tertiary/aromatic N) is 2. The van der Waals surface area contributed by atoms with E-state index in [1.54, 1.807) is 16.8 Å². The number of aliphatic hydroxyl groups excluding tert-OH is 1. The molecule has 0 atom stereocenters. The third kappa shape index (κ3) is 4.93. The summed E-state index contributed by atoms with van der Waals surface area (Å²) in [5.41, 5.74) is 1.93. The summed E-state index contributed by atoms with van der Waals surface area (Å²) in [5, 5.41) is 16.9. The molecule has 4 nitrogen and oxygen atoms in total. The molecule has 22 heavy (non-hydrogen) atoms. The van der Waals surface area contributed by atoms with Gasteiger partial charge in [0.2, 0.25) is 0 Å². The molecule has 0 aliphatic heterocycles. The van der Waals surface area contributed by atoms with Crippen LogP contribution in [-0.4, -0.2) is 28.0 Å². The molecule has 2 N–H and O–H groups in total. The van der Waals surface area contributed by atoms with Crippen molar-refractivity contribution in [2.24, 2.45) is 5.41 Å². The van der Waals surface area contributed by atoms with Gasteiger partial charge in [-0.2, -0.15) is 5.10 Å². The zero-order chi connectivity index (χ0) is 16.0. The van der Waals surface area contributed by atoms with E-state index in [2.05, 4.69) is 24.3 Å². The van der Waals surface area contributed by atoms with Gasteiger partial charge in [-0.1, -0.05) is 13.8 Å². The Hall–Kier alpha value is -1.72. The van der Waals surface area contributed by atoms with Gasteiger partial charge >= 0.3 is 0 Å². The van der Waals surface area contributed by atoms with Crippen LogP contribution in [-0.2, 0) is 6.54 Å². The quantitative estimate of drug-likeness (QED) is 0.737. The second-order valence-corrected chi connectivity index (χ2v) is 6.37. The molecule has 2 rings (SSSR count). The first-order valence-electron chi connectivity index (χ1n) is 7.61. The average Bonchev–Trinajstić information content (AvgIpc) is 2.96. The van der Waals surface area contributed by atoms with E-state index in [9.17, 15) is 9.50 Å². The second kappa shape index (κ2) is 7.51. The summed E-state index contributed by atoms with van der Waals surface area (Å²) in [4.78, 5) is 0. The smallest absolute Gasteiger partial charge is 0.123 e. The number of benzene rings is 1. The van der Waals surface area contributed by atoms with E-state index in [1.807, 2.05) is 12.4 Å². The fourth-order valence-corrected chi connectivity index (χ4v) is 2.19. The normalized spacial score (nSPS) is 11.8. The fourth-order valence-electron chi connectivity index (χ4n) is 2.19. The van der Waals surface area contributed by atoms with Crippen molar-refractivity contribution < 1.29 is 9.50 Å². The monoisotopic (exact) mass is 305 g/mol. The van der Waals surface area contributed by atoms with Crippen LogP contribution < -0.4 is 5.32 Å². The van der Waals surface area contributed by atoms with Gasteiger partial charge < -0.3 is 10.4 Å². The molecule has 0 saturated heterocycles. The fraction of sp³-hybridized carbons (Fsp3) is 0.471. The molecule has 0 saturated carbocycles. The molecule has 0 amide bonds.